The van der Waals surface area contributed by atoms with Gasteiger partial charge in [-0.25, -0.2) is 0 Å². The molecule has 0 spiro atoms. The van der Waals surface area contributed by atoms with Gasteiger partial charge in [-0.3, -0.25) is 10.1 Å². The Labute approximate surface area is 102 Å². The van der Waals surface area contributed by atoms with Crippen molar-refractivity contribution in [2.75, 3.05) is 5.32 Å². The maximum absolute atomic E-state index is 10.6. The van der Waals surface area contributed by atoms with Crippen molar-refractivity contribution in [3.8, 4) is 0 Å². The number of nitro groups is 1. The number of halogens is 1. The minimum absolute atomic E-state index is 0.0486. The molecule has 1 aromatic heterocycles. The molecule has 1 N–H and O–H groups in total. The number of anilines is 1. The molecule has 0 fully saturated rings. The van der Waals surface area contributed by atoms with Crippen molar-refractivity contribution in [1.82, 2.24) is 0 Å². The number of hydrogen-bond acceptors (Lipinski definition) is 4. The number of nitro benzene ring substituents is 1. The predicted molar refractivity (Wildman–Crippen MR) is 64.1 cm³/mol. The monoisotopic (exact) mass is 252 g/mol. The van der Waals surface area contributed by atoms with Crippen LogP contribution in [0.1, 0.15) is 5.76 Å². The Hall–Kier alpha value is -2.01. The van der Waals surface area contributed by atoms with Crippen molar-refractivity contribution in [1.29, 1.82) is 0 Å². The van der Waals surface area contributed by atoms with Crippen molar-refractivity contribution < 1.29 is 9.34 Å². The zero-order valence-corrected chi connectivity index (χ0v) is 9.48. The molecule has 6 heteroatoms. The molecule has 0 amide bonds. The van der Waals surface area contributed by atoms with Gasteiger partial charge in [0.05, 0.1) is 11.5 Å². The summed E-state index contributed by atoms with van der Waals surface area (Å²) in [6, 6.07) is 9.66. The second kappa shape index (κ2) is 4.88. The van der Waals surface area contributed by atoms with Crippen molar-refractivity contribution in [2.45, 2.75) is 6.54 Å². The SMILES string of the molecule is O=[N+]([O-])c1cccc(NCc2ccc(Cl)o2)c1. The molecule has 2 aromatic rings. The molecule has 1 aromatic carbocycles. The Morgan fingerprint density at radius 3 is 2.82 bits per heavy atom. The van der Waals surface area contributed by atoms with E-state index in [0.29, 0.717) is 23.2 Å². The summed E-state index contributed by atoms with van der Waals surface area (Å²) in [5.41, 5.74) is 0.708. The third-order valence-corrected chi connectivity index (χ3v) is 2.36. The topological polar surface area (TPSA) is 68.3 Å². The van der Waals surface area contributed by atoms with Gasteiger partial charge in [-0.1, -0.05) is 6.07 Å². The Morgan fingerprint density at radius 1 is 1.35 bits per heavy atom. The molecule has 0 bridgehead atoms. The Morgan fingerprint density at radius 2 is 2.18 bits per heavy atom. The lowest BCUT2D eigenvalue weighted by Crippen LogP contribution is -1.98. The molecule has 0 aliphatic carbocycles. The largest absolute Gasteiger partial charge is 0.448 e. The molecular formula is C11H9ClN2O3. The molecule has 0 radical (unpaired) electrons. The first kappa shape index (κ1) is 11.5. The molecule has 0 atom stereocenters. The standard InChI is InChI=1S/C11H9ClN2O3/c12-11-5-4-10(17-11)7-13-8-2-1-3-9(6-8)14(15)16/h1-6,13H,7H2. The highest BCUT2D eigenvalue weighted by Crippen LogP contribution is 2.19. The third-order valence-electron chi connectivity index (χ3n) is 2.15. The van der Waals surface area contributed by atoms with E-state index in [1.807, 2.05) is 0 Å². The van der Waals surface area contributed by atoms with Gasteiger partial charge in [-0.05, 0) is 29.8 Å². The van der Waals surface area contributed by atoms with Crippen LogP contribution in [0.15, 0.2) is 40.8 Å². The summed E-state index contributed by atoms with van der Waals surface area (Å²) < 4.78 is 5.15. The van der Waals surface area contributed by atoms with Crippen LogP contribution < -0.4 is 5.32 Å². The highest BCUT2D eigenvalue weighted by Gasteiger charge is 2.06. The molecule has 0 aliphatic heterocycles. The minimum Gasteiger partial charge on any atom is -0.448 e. The molecule has 5 nitrogen and oxygen atoms in total. The highest BCUT2D eigenvalue weighted by atomic mass is 35.5. The zero-order valence-electron chi connectivity index (χ0n) is 8.72. The molecule has 0 unspecified atom stereocenters. The van der Waals surface area contributed by atoms with E-state index in [9.17, 15) is 10.1 Å². The average Bonchev–Trinajstić information content (AvgIpc) is 2.73. The maximum atomic E-state index is 10.6. The van der Waals surface area contributed by atoms with Gasteiger partial charge >= 0.3 is 0 Å². The van der Waals surface area contributed by atoms with Gasteiger partial charge in [0.2, 0.25) is 0 Å². The van der Waals surface area contributed by atoms with Crippen molar-refractivity contribution >= 4 is 23.0 Å². The summed E-state index contributed by atoms with van der Waals surface area (Å²) in [4.78, 5) is 10.1. The predicted octanol–water partition coefficient (Wildman–Crippen LogP) is 3.45. The summed E-state index contributed by atoms with van der Waals surface area (Å²) in [5, 5.41) is 13.9. The van der Waals surface area contributed by atoms with E-state index in [1.165, 1.54) is 12.1 Å². The average molecular weight is 253 g/mol. The first-order valence-electron chi connectivity index (χ1n) is 4.88. The van der Waals surface area contributed by atoms with Crippen LogP contribution in [0.2, 0.25) is 5.22 Å². The fourth-order valence-electron chi connectivity index (χ4n) is 1.37. The second-order valence-electron chi connectivity index (χ2n) is 3.37. The van der Waals surface area contributed by atoms with Crippen LogP contribution in [0.5, 0.6) is 0 Å². The quantitative estimate of drug-likeness (QED) is 0.668. The molecule has 1 heterocycles. The number of hydrogen-bond donors (Lipinski definition) is 1. The second-order valence-corrected chi connectivity index (χ2v) is 3.74. The van der Waals surface area contributed by atoms with E-state index < -0.39 is 4.92 Å². The number of furan rings is 1. The van der Waals surface area contributed by atoms with Crippen LogP contribution in [-0.2, 0) is 6.54 Å². The lowest BCUT2D eigenvalue weighted by molar-refractivity contribution is -0.384. The van der Waals surface area contributed by atoms with Gasteiger partial charge in [0.25, 0.3) is 5.69 Å². The van der Waals surface area contributed by atoms with Crippen LogP contribution in [0.3, 0.4) is 0 Å². The first-order chi connectivity index (χ1) is 8.15. The molecule has 0 aliphatic rings. The van der Waals surface area contributed by atoms with Gasteiger partial charge in [-0.15, -0.1) is 0 Å². The van der Waals surface area contributed by atoms with Crippen LogP contribution in [-0.4, -0.2) is 4.92 Å². The first-order valence-corrected chi connectivity index (χ1v) is 5.25. The molecule has 0 saturated carbocycles. The van der Waals surface area contributed by atoms with Gasteiger partial charge < -0.3 is 9.73 Å². The Balaban J connectivity index is 2.04. The number of benzene rings is 1. The molecule has 17 heavy (non-hydrogen) atoms. The maximum Gasteiger partial charge on any atom is 0.271 e. The molecule has 2 rings (SSSR count). The summed E-state index contributed by atoms with van der Waals surface area (Å²) in [6.07, 6.45) is 0. The van der Waals surface area contributed by atoms with Crippen LogP contribution in [0.4, 0.5) is 11.4 Å². The minimum atomic E-state index is -0.436. The van der Waals surface area contributed by atoms with E-state index in [0.717, 1.165) is 0 Å². The smallest absolute Gasteiger partial charge is 0.271 e. The molecule has 88 valence electrons. The summed E-state index contributed by atoms with van der Waals surface area (Å²) in [7, 11) is 0. The van der Waals surface area contributed by atoms with E-state index in [1.54, 1.807) is 24.3 Å². The Bertz CT molecular complexity index is 539. The normalized spacial score (nSPS) is 10.2. The van der Waals surface area contributed by atoms with E-state index in [4.69, 9.17) is 16.0 Å². The highest BCUT2D eigenvalue weighted by molar-refractivity contribution is 6.28. The number of nitrogens with zero attached hydrogens (tertiary/aromatic N) is 1. The number of nitrogens with one attached hydrogen (secondary N) is 1. The van der Waals surface area contributed by atoms with Gasteiger partial charge in [0, 0.05) is 17.8 Å². The van der Waals surface area contributed by atoms with E-state index >= 15 is 0 Å². The van der Waals surface area contributed by atoms with Gasteiger partial charge in [0.1, 0.15) is 5.76 Å². The van der Waals surface area contributed by atoms with Gasteiger partial charge in [0.15, 0.2) is 5.22 Å². The Kier molecular flexibility index (Phi) is 3.30. The van der Waals surface area contributed by atoms with Crippen LogP contribution >= 0.6 is 11.6 Å². The van der Waals surface area contributed by atoms with Crippen molar-refractivity contribution in [2.24, 2.45) is 0 Å². The van der Waals surface area contributed by atoms with Crippen LogP contribution in [0.25, 0.3) is 0 Å². The van der Waals surface area contributed by atoms with Gasteiger partial charge in [-0.2, -0.15) is 0 Å². The third kappa shape index (κ3) is 2.98. The summed E-state index contributed by atoms with van der Waals surface area (Å²) >= 11 is 5.63. The molecule has 0 saturated heterocycles. The van der Waals surface area contributed by atoms with E-state index in [2.05, 4.69) is 5.32 Å². The lowest BCUT2D eigenvalue weighted by Gasteiger charge is -2.03. The number of rotatable bonds is 4. The van der Waals surface area contributed by atoms with Crippen molar-refractivity contribution in [3.63, 3.8) is 0 Å². The molecular weight excluding hydrogens is 244 g/mol. The fourth-order valence-corrected chi connectivity index (χ4v) is 1.53. The summed E-state index contributed by atoms with van der Waals surface area (Å²) in [6.45, 7) is 0.424. The van der Waals surface area contributed by atoms with Crippen LogP contribution in [0, 0.1) is 10.1 Å². The fraction of sp³-hybridized carbons (Fsp3) is 0.0909. The zero-order chi connectivity index (χ0) is 12.3. The lowest BCUT2D eigenvalue weighted by atomic mass is 10.3. The van der Waals surface area contributed by atoms with E-state index in [-0.39, 0.29) is 5.69 Å². The van der Waals surface area contributed by atoms with Crippen molar-refractivity contribution in [3.05, 3.63) is 57.5 Å². The number of non-ortho nitro benzene ring substituents is 1. The summed E-state index contributed by atoms with van der Waals surface area (Å²) in [5.74, 6) is 0.668.